The number of aliphatic hydroxyl groups excluding tert-OH is 1. The summed E-state index contributed by atoms with van der Waals surface area (Å²) in [5.74, 6) is 0. The van der Waals surface area contributed by atoms with Gasteiger partial charge in [0, 0.05) is 24.8 Å². The molecule has 0 aliphatic carbocycles. The molecule has 1 aromatic carbocycles. The lowest BCUT2D eigenvalue weighted by molar-refractivity contribution is 0.154. The van der Waals surface area contributed by atoms with E-state index in [1.165, 1.54) is 11.3 Å². The van der Waals surface area contributed by atoms with Crippen LogP contribution in [0.3, 0.4) is 0 Å². The lowest BCUT2D eigenvalue weighted by Gasteiger charge is -2.34. The maximum Gasteiger partial charge on any atom is 0.0715 e. The SMILES string of the molecule is CCC(NC)c1ccccc1N1CCCC(O)C1. The number of β-amino-alcohol motifs (C(OH)–C–C–N with tert-alkyl or cyclic N) is 1. The molecule has 0 bridgehead atoms. The van der Waals surface area contributed by atoms with Crippen molar-refractivity contribution < 1.29 is 5.11 Å². The molecule has 100 valence electrons. The Bertz CT molecular complexity index is 377. The van der Waals surface area contributed by atoms with Gasteiger partial charge in [-0.3, -0.25) is 0 Å². The molecule has 2 rings (SSSR count). The van der Waals surface area contributed by atoms with E-state index in [-0.39, 0.29) is 6.10 Å². The van der Waals surface area contributed by atoms with E-state index in [4.69, 9.17) is 0 Å². The monoisotopic (exact) mass is 248 g/mol. The van der Waals surface area contributed by atoms with Crippen molar-refractivity contribution in [3.63, 3.8) is 0 Å². The molecule has 2 atom stereocenters. The second-order valence-electron chi connectivity index (χ2n) is 5.05. The third kappa shape index (κ3) is 2.85. The van der Waals surface area contributed by atoms with Crippen LogP contribution in [0, 0.1) is 0 Å². The normalized spacial score (nSPS) is 21.9. The number of aliphatic hydroxyl groups is 1. The molecule has 0 amide bonds. The van der Waals surface area contributed by atoms with Crippen LogP contribution in [-0.4, -0.2) is 31.3 Å². The predicted octanol–water partition coefficient (Wildman–Crippen LogP) is 2.32. The van der Waals surface area contributed by atoms with Crippen molar-refractivity contribution in [2.24, 2.45) is 0 Å². The molecule has 1 heterocycles. The largest absolute Gasteiger partial charge is 0.391 e. The van der Waals surface area contributed by atoms with Gasteiger partial charge < -0.3 is 15.3 Å². The van der Waals surface area contributed by atoms with Crippen molar-refractivity contribution in [3.8, 4) is 0 Å². The molecular formula is C15H24N2O. The van der Waals surface area contributed by atoms with Crippen LogP contribution >= 0.6 is 0 Å². The van der Waals surface area contributed by atoms with Gasteiger partial charge in [0.1, 0.15) is 0 Å². The first-order valence-corrected chi connectivity index (χ1v) is 6.95. The Labute approximate surface area is 110 Å². The lowest BCUT2D eigenvalue weighted by Crippen LogP contribution is -2.39. The molecule has 1 aromatic rings. The highest BCUT2D eigenvalue weighted by atomic mass is 16.3. The molecule has 0 saturated carbocycles. The Balaban J connectivity index is 2.26. The van der Waals surface area contributed by atoms with Crippen molar-refractivity contribution in [2.45, 2.75) is 38.3 Å². The van der Waals surface area contributed by atoms with Gasteiger partial charge in [-0.15, -0.1) is 0 Å². The van der Waals surface area contributed by atoms with E-state index in [1.807, 2.05) is 7.05 Å². The quantitative estimate of drug-likeness (QED) is 0.858. The molecule has 1 fully saturated rings. The number of para-hydroxylation sites is 1. The van der Waals surface area contributed by atoms with Gasteiger partial charge in [-0.25, -0.2) is 0 Å². The van der Waals surface area contributed by atoms with Gasteiger partial charge in [0.15, 0.2) is 0 Å². The summed E-state index contributed by atoms with van der Waals surface area (Å²) in [5.41, 5.74) is 2.62. The van der Waals surface area contributed by atoms with Crippen LogP contribution in [0.15, 0.2) is 24.3 Å². The zero-order chi connectivity index (χ0) is 13.0. The Kier molecular flexibility index (Phi) is 4.61. The van der Waals surface area contributed by atoms with Gasteiger partial charge in [-0.1, -0.05) is 25.1 Å². The van der Waals surface area contributed by atoms with E-state index < -0.39 is 0 Å². The van der Waals surface area contributed by atoms with Crippen molar-refractivity contribution in [3.05, 3.63) is 29.8 Å². The first-order chi connectivity index (χ1) is 8.76. The predicted molar refractivity (Wildman–Crippen MR) is 76.0 cm³/mol. The number of rotatable bonds is 4. The second kappa shape index (κ2) is 6.21. The molecule has 3 heteroatoms. The van der Waals surface area contributed by atoms with E-state index >= 15 is 0 Å². The van der Waals surface area contributed by atoms with Crippen LogP contribution < -0.4 is 10.2 Å². The highest BCUT2D eigenvalue weighted by molar-refractivity contribution is 5.55. The zero-order valence-electron chi connectivity index (χ0n) is 11.4. The minimum Gasteiger partial charge on any atom is -0.391 e. The van der Waals surface area contributed by atoms with E-state index in [1.54, 1.807) is 0 Å². The number of nitrogens with zero attached hydrogens (tertiary/aromatic N) is 1. The molecule has 1 saturated heterocycles. The van der Waals surface area contributed by atoms with Gasteiger partial charge in [-0.05, 0) is 37.9 Å². The van der Waals surface area contributed by atoms with E-state index in [0.29, 0.717) is 6.04 Å². The lowest BCUT2D eigenvalue weighted by atomic mass is 9.99. The summed E-state index contributed by atoms with van der Waals surface area (Å²) in [4.78, 5) is 2.32. The van der Waals surface area contributed by atoms with Crippen molar-refractivity contribution in [1.29, 1.82) is 0 Å². The molecular weight excluding hydrogens is 224 g/mol. The van der Waals surface area contributed by atoms with Crippen LogP contribution in [0.4, 0.5) is 5.69 Å². The van der Waals surface area contributed by atoms with Crippen molar-refractivity contribution in [1.82, 2.24) is 5.32 Å². The zero-order valence-corrected chi connectivity index (χ0v) is 11.4. The van der Waals surface area contributed by atoms with Gasteiger partial charge in [0.05, 0.1) is 6.10 Å². The molecule has 2 unspecified atom stereocenters. The Morgan fingerprint density at radius 1 is 1.44 bits per heavy atom. The molecule has 2 N–H and O–H groups in total. The highest BCUT2D eigenvalue weighted by Gasteiger charge is 2.21. The summed E-state index contributed by atoms with van der Waals surface area (Å²) in [6, 6.07) is 8.94. The van der Waals surface area contributed by atoms with Crippen molar-refractivity contribution in [2.75, 3.05) is 25.0 Å². The average Bonchev–Trinajstić information content (AvgIpc) is 2.41. The second-order valence-corrected chi connectivity index (χ2v) is 5.05. The molecule has 1 aliphatic rings. The van der Waals surface area contributed by atoms with Gasteiger partial charge >= 0.3 is 0 Å². The Morgan fingerprint density at radius 2 is 2.22 bits per heavy atom. The molecule has 0 aromatic heterocycles. The fourth-order valence-electron chi connectivity index (χ4n) is 2.82. The fourth-order valence-corrected chi connectivity index (χ4v) is 2.82. The number of nitrogens with one attached hydrogen (secondary N) is 1. The third-order valence-electron chi connectivity index (χ3n) is 3.81. The molecule has 3 nitrogen and oxygen atoms in total. The van der Waals surface area contributed by atoms with Crippen LogP contribution in [0.2, 0.25) is 0 Å². The maximum atomic E-state index is 9.83. The average molecular weight is 248 g/mol. The summed E-state index contributed by atoms with van der Waals surface area (Å²) in [5, 5.41) is 13.2. The maximum absolute atomic E-state index is 9.83. The summed E-state index contributed by atoms with van der Waals surface area (Å²) in [7, 11) is 2.01. The van der Waals surface area contributed by atoms with Crippen LogP contribution in [0.25, 0.3) is 0 Å². The number of hydrogen-bond acceptors (Lipinski definition) is 3. The molecule has 1 aliphatic heterocycles. The van der Waals surface area contributed by atoms with E-state index in [0.717, 1.165) is 32.4 Å². The first kappa shape index (κ1) is 13.4. The first-order valence-electron chi connectivity index (χ1n) is 6.95. The smallest absolute Gasteiger partial charge is 0.0715 e. The molecule has 0 radical (unpaired) electrons. The molecule has 0 spiro atoms. The Morgan fingerprint density at radius 3 is 2.89 bits per heavy atom. The number of piperidine rings is 1. The standard InChI is InChI=1S/C15H24N2O/c1-3-14(16-2)13-8-4-5-9-15(13)17-10-6-7-12(18)11-17/h4-5,8-9,12,14,16,18H,3,6-7,10-11H2,1-2H3. The minimum atomic E-state index is -0.179. The summed E-state index contributed by atoms with van der Waals surface area (Å²) in [6.07, 6.45) is 2.90. The number of benzene rings is 1. The fraction of sp³-hybridized carbons (Fsp3) is 0.600. The van der Waals surface area contributed by atoms with E-state index in [9.17, 15) is 5.11 Å². The van der Waals surface area contributed by atoms with Crippen molar-refractivity contribution >= 4 is 5.69 Å². The Hall–Kier alpha value is -1.06. The highest BCUT2D eigenvalue weighted by Crippen LogP contribution is 2.29. The van der Waals surface area contributed by atoms with Crippen LogP contribution in [-0.2, 0) is 0 Å². The molecule has 18 heavy (non-hydrogen) atoms. The topological polar surface area (TPSA) is 35.5 Å². The minimum absolute atomic E-state index is 0.179. The van der Waals surface area contributed by atoms with Crippen LogP contribution in [0.1, 0.15) is 37.8 Å². The summed E-state index contributed by atoms with van der Waals surface area (Å²) >= 11 is 0. The van der Waals surface area contributed by atoms with E-state index in [2.05, 4.69) is 41.4 Å². The van der Waals surface area contributed by atoms with Gasteiger partial charge in [0.25, 0.3) is 0 Å². The third-order valence-corrected chi connectivity index (χ3v) is 3.81. The van der Waals surface area contributed by atoms with Gasteiger partial charge in [-0.2, -0.15) is 0 Å². The number of anilines is 1. The van der Waals surface area contributed by atoms with Gasteiger partial charge in [0.2, 0.25) is 0 Å². The summed E-state index contributed by atoms with van der Waals surface area (Å²) in [6.45, 7) is 4.01. The summed E-state index contributed by atoms with van der Waals surface area (Å²) < 4.78 is 0. The van der Waals surface area contributed by atoms with Crippen LogP contribution in [0.5, 0.6) is 0 Å². The number of hydrogen-bond donors (Lipinski definition) is 2.